The Bertz CT molecular complexity index is 812. The number of halogens is 2. The molecule has 6 nitrogen and oxygen atoms in total. The van der Waals surface area contributed by atoms with Gasteiger partial charge in [-0.2, -0.15) is 0 Å². The van der Waals surface area contributed by atoms with E-state index in [1.807, 2.05) is 6.92 Å². The van der Waals surface area contributed by atoms with Gasteiger partial charge in [-0.05, 0) is 25.7 Å². The van der Waals surface area contributed by atoms with Gasteiger partial charge in [0.1, 0.15) is 10.6 Å². The number of thiazole rings is 1. The lowest BCUT2D eigenvalue weighted by atomic mass is 9.96. The molecule has 9 heteroatoms. The van der Waals surface area contributed by atoms with Crippen molar-refractivity contribution in [2.45, 2.75) is 32.7 Å². The predicted molar refractivity (Wildman–Crippen MR) is 88.9 cm³/mol. The maximum absolute atomic E-state index is 12.5. The molecule has 0 bridgehead atoms. The summed E-state index contributed by atoms with van der Waals surface area (Å²) in [5, 5.41) is 0. The smallest absolute Gasteiger partial charge is 0.280 e. The highest BCUT2D eigenvalue weighted by molar-refractivity contribution is 7.11. The minimum atomic E-state index is -2.74. The van der Waals surface area contributed by atoms with Crippen molar-refractivity contribution in [3.8, 4) is 0 Å². The average Bonchev–Trinajstić information content (AvgIpc) is 3.02. The van der Waals surface area contributed by atoms with Crippen LogP contribution in [0.5, 0.6) is 0 Å². The standard InChI is InChI=1S/C16H18F2N4O2S/c1-10-14(25-9-20-10)16(24)21-4-2-11(3-5-21)7-22-8-19-12(15(17)18)6-13(22)23/h6,8-9,11,15H,2-5,7H2,1H3. The van der Waals surface area contributed by atoms with Crippen molar-refractivity contribution in [2.75, 3.05) is 13.1 Å². The van der Waals surface area contributed by atoms with E-state index in [-0.39, 0.29) is 11.8 Å². The highest BCUT2D eigenvalue weighted by Crippen LogP contribution is 2.23. The van der Waals surface area contributed by atoms with E-state index in [2.05, 4.69) is 9.97 Å². The number of nitrogens with zero attached hydrogens (tertiary/aromatic N) is 4. The quantitative estimate of drug-likeness (QED) is 0.832. The summed E-state index contributed by atoms with van der Waals surface area (Å²) in [6.07, 6.45) is -0.0480. The van der Waals surface area contributed by atoms with E-state index < -0.39 is 17.7 Å². The van der Waals surface area contributed by atoms with Crippen LogP contribution in [-0.2, 0) is 6.54 Å². The van der Waals surface area contributed by atoms with Gasteiger partial charge in [0, 0.05) is 25.7 Å². The van der Waals surface area contributed by atoms with E-state index >= 15 is 0 Å². The minimum absolute atomic E-state index is 0.00132. The summed E-state index contributed by atoms with van der Waals surface area (Å²) < 4.78 is 26.5. The Morgan fingerprint density at radius 3 is 2.64 bits per heavy atom. The second-order valence-electron chi connectivity index (χ2n) is 6.11. The number of hydrogen-bond acceptors (Lipinski definition) is 5. The largest absolute Gasteiger partial charge is 0.338 e. The Balaban J connectivity index is 1.59. The zero-order valence-corrected chi connectivity index (χ0v) is 14.5. The lowest BCUT2D eigenvalue weighted by molar-refractivity contribution is 0.0686. The SMILES string of the molecule is Cc1ncsc1C(=O)N1CCC(Cn2cnc(C(F)F)cc2=O)CC1. The molecule has 3 heterocycles. The van der Waals surface area contributed by atoms with Crippen molar-refractivity contribution in [3.63, 3.8) is 0 Å². The second-order valence-corrected chi connectivity index (χ2v) is 6.96. The molecule has 25 heavy (non-hydrogen) atoms. The topological polar surface area (TPSA) is 68.1 Å². The van der Waals surface area contributed by atoms with Gasteiger partial charge in [0.2, 0.25) is 0 Å². The number of piperidine rings is 1. The van der Waals surface area contributed by atoms with Crippen molar-refractivity contribution in [1.82, 2.24) is 19.4 Å². The maximum Gasteiger partial charge on any atom is 0.280 e. The molecule has 1 fully saturated rings. The van der Waals surface area contributed by atoms with Crippen molar-refractivity contribution in [2.24, 2.45) is 5.92 Å². The number of rotatable bonds is 4. The number of aromatic nitrogens is 3. The molecule has 0 spiro atoms. The number of alkyl halides is 2. The molecular formula is C16H18F2N4O2S. The number of likely N-dealkylation sites (tertiary alicyclic amines) is 1. The van der Waals surface area contributed by atoms with Crippen LogP contribution < -0.4 is 5.56 Å². The Hall–Kier alpha value is -2.16. The van der Waals surface area contributed by atoms with Crippen LogP contribution in [0.1, 0.15) is 40.3 Å². The van der Waals surface area contributed by atoms with Crippen LogP contribution in [0.4, 0.5) is 8.78 Å². The highest BCUT2D eigenvalue weighted by Gasteiger charge is 2.26. The molecule has 0 atom stereocenters. The monoisotopic (exact) mass is 368 g/mol. The summed E-state index contributed by atoms with van der Waals surface area (Å²) in [5.74, 6) is 0.210. The highest BCUT2D eigenvalue weighted by atomic mass is 32.1. The van der Waals surface area contributed by atoms with Gasteiger partial charge < -0.3 is 4.90 Å². The lowest BCUT2D eigenvalue weighted by Crippen LogP contribution is -2.40. The van der Waals surface area contributed by atoms with Crippen molar-refractivity contribution >= 4 is 17.2 Å². The number of carbonyl (C=O) groups is 1. The second kappa shape index (κ2) is 7.38. The Morgan fingerprint density at radius 1 is 1.36 bits per heavy atom. The molecule has 0 aromatic carbocycles. The number of hydrogen-bond donors (Lipinski definition) is 0. The first-order valence-corrected chi connectivity index (χ1v) is 8.87. The van der Waals surface area contributed by atoms with Crippen LogP contribution in [0.25, 0.3) is 0 Å². The molecule has 2 aromatic rings. The Labute approximate surface area is 147 Å². The molecule has 134 valence electrons. The van der Waals surface area contributed by atoms with Crippen LogP contribution in [0, 0.1) is 12.8 Å². The van der Waals surface area contributed by atoms with Gasteiger partial charge in [0.15, 0.2) is 0 Å². The molecule has 2 aromatic heterocycles. The predicted octanol–water partition coefficient (Wildman–Crippen LogP) is 2.50. The fourth-order valence-electron chi connectivity index (χ4n) is 2.94. The summed E-state index contributed by atoms with van der Waals surface area (Å²) in [6.45, 7) is 3.46. The molecule has 0 aliphatic carbocycles. The Kier molecular flexibility index (Phi) is 5.22. The number of amides is 1. The van der Waals surface area contributed by atoms with Gasteiger partial charge in [-0.25, -0.2) is 18.7 Å². The first-order valence-electron chi connectivity index (χ1n) is 7.99. The zero-order chi connectivity index (χ0) is 18.0. The molecular weight excluding hydrogens is 350 g/mol. The fraction of sp³-hybridized carbons (Fsp3) is 0.500. The van der Waals surface area contributed by atoms with Crippen molar-refractivity contribution in [1.29, 1.82) is 0 Å². The van der Waals surface area contributed by atoms with E-state index in [1.165, 1.54) is 22.2 Å². The van der Waals surface area contributed by atoms with E-state index in [9.17, 15) is 18.4 Å². The molecule has 0 radical (unpaired) electrons. The first kappa shape index (κ1) is 17.7. The number of carbonyl (C=O) groups excluding carboxylic acids is 1. The molecule has 1 saturated heterocycles. The first-order chi connectivity index (χ1) is 12.0. The summed E-state index contributed by atoms with van der Waals surface area (Å²) in [5.41, 5.74) is 1.44. The van der Waals surface area contributed by atoms with Gasteiger partial charge in [-0.1, -0.05) is 0 Å². The average molecular weight is 368 g/mol. The molecule has 1 aliphatic heterocycles. The van der Waals surface area contributed by atoms with Crippen LogP contribution in [0.2, 0.25) is 0 Å². The van der Waals surface area contributed by atoms with Crippen LogP contribution in [0.3, 0.4) is 0 Å². The summed E-state index contributed by atoms with van der Waals surface area (Å²) >= 11 is 1.34. The zero-order valence-electron chi connectivity index (χ0n) is 13.7. The number of aryl methyl sites for hydroxylation is 1. The van der Waals surface area contributed by atoms with Gasteiger partial charge in [0.05, 0.1) is 17.5 Å². The van der Waals surface area contributed by atoms with E-state index in [4.69, 9.17) is 0 Å². The van der Waals surface area contributed by atoms with E-state index in [0.717, 1.165) is 24.6 Å². The summed E-state index contributed by atoms with van der Waals surface area (Å²) in [4.78, 5) is 34.6. The lowest BCUT2D eigenvalue weighted by Gasteiger charge is -2.32. The van der Waals surface area contributed by atoms with Crippen LogP contribution in [0.15, 0.2) is 22.7 Å². The molecule has 1 aliphatic rings. The molecule has 0 unspecified atom stereocenters. The Morgan fingerprint density at radius 2 is 2.08 bits per heavy atom. The maximum atomic E-state index is 12.5. The van der Waals surface area contributed by atoms with E-state index in [1.54, 1.807) is 10.4 Å². The summed E-state index contributed by atoms with van der Waals surface area (Å²) in [6, 6.07) is 0.885. The van der Waals surface area contributed by atoms with Crippen molar-refractivity contribution < 1.29 is 13.6 Å². The fourth-order valence-corrected chi connectivity index (χ4v) is 3.71. The third-order valence-electron chi connectivity index (χ3n) is 4.42. The molecule has 1 amide bonds. The van der Waals surface area contributed by atoms with Gasteiger partial charge in [-0.3, -0.25) is 14.2 Å². The van der Waals surface area contributed by atoms with Crippen LogP contribution >= 0.6 is 11.3 Å². The molecule has 0 N–H and O–H groups in total. The summed E-state index contributed by atoms with van der Waals surface area (Å²) in [7, 11) is 0. The van der Waals surface area contributed by atoms with E-state index in [0.29, 0.717) is 24.5 Å². The van der Waals surface area contributed by atoms with Gasteiger partial charge in [-0.15, -0.1) is 11.3 Å². The minimum Gasteiger partial charge on any atom is -0.338 e. The normalized spacial score (nSPS) is 15.8. The third kappa shape index (κ3) is 3.92. The third-order valence-corrected chi connectivity index (χ3v) is 5.34. The molecule has 0 saturated carbocycles. The van der Waals surface area contributed by atoms with Gasteiger partial charge in [0.25, 0.3) is 17.9 Å². The van der Waals surface area contributed by atoms with Crippen molar-refractivity contribution in [3.05, 3.63) is 44.5 Å². The van der Waals surface area contributed by atoms with Gasteiger partial charge >= 0.3 is 0 Å². The molecule has 3 rings (SSSR count). The van der Waals surface area contributed by atoms with Crippen LogP contribution in [-0.4, -0.2) is 38.4 Å².